The maximum Gasteiger partial charge on any atom is 0.254 e. The number of benzene rings is 2. The van der Waals surface area contributed by atoms with Crippen LogP contribution in [0.1, 0.15) is 46.9 Å². The minimum Gasteiger partial charge on any atom is -0.464 e. The summed E-state index contributed by atoms with van der Waals surface area (Å²) in [5.74, 6) is 0.913. The lowest BCUT2D eigenvalue weighted by Crippen LogP contribution is -2.43. The fraction of sp³-hybridized carbons (Fsp3) is 0.333. The zero-order valence-corrected chi connectivity index (χ0v) is 19.7. The number of hydrogen-bond donors (Lipinski definition) is 0. The van der Waals surface area contributed by atoms with E-state index in [1.807, 2.05) is 52.0 Å². The van der Waals surface area contributed by atoms with Crippen molar-refractivity contribution in [2.24, 2.45) is 5.92 Å². The number of rotatable bonds is 9. The Morgan fingerprint density at radius 2 is 1.55 bits per heavy atom. The molecule has 0 aliphatic carbocycles. The molecule has 174 valence electrons. The van der Waals surface area contributed by atoms with Crippen LogP contribution in [0.3, 0.4) is 0 Å². The molecule has 0 N–H and O–H groups in total. The number of hydrogen-bond acceptors (Lipinski definition) is 3. The molecule has 2 aromatic carbocycles. The first-order chi connectivity index (χ1) is 15.7. The van der Waals surface area contributed by atoms with Crippen LogP contribution in [-0.2, 0) is 17.9 Å². The third-order valence-electron chi connectivity index (χ3n) is 5.28. The summed E-state index contributed by atoms with van der Waals surface area (Å²) >= 11 is 0. The van der Waals surface area contributed by atoms with E-state index in [0.29, 0.717) is 17.9 Å². The number of nitrogens with zero attached hydrogens (tertiary/aromatic N) is 2. The molecule has 0 aliphatic rings. The highest BCUT2D eigenvalue weighted by Crippen LogP contribution is 2.16. The van der Waals surface area contributed by atoms with Gasteiger partial charge < -0.3 is 14.2 Å². The van der Waals surface area contributed by atoms with E-state index in [1.165, 1.54) is 12.1 Å². The zero-order chi connectivity index (χ0) is 24.0. The topological polar surface area (TPSA) is 53.8 Å². The van der Waals surface area contributed by atoms with Crippen molar-refractivity contribution >= 4 is 11.8 Å². The molecule has 0 spiro atoms. The average molecular weight is 451 g/mol. The second-order valence-corrected chi connectivity index (χ2v) is 8.83. The second kappa shape index (κ2) is 10.9. The SMILES string of the molecule is Cc1ccc(C(=O)N(CC(=O)N(Cc2ccc(F)cc2)Cc2ccc(C)o2)CC(C)C)cc1. The van der Waals surface area contributed by atoms with Crippen molar-refractivity contribution in [3.05, 3.63) is 94.7 Å². The smallest absolute Gasteiger partial charge is 0.254 e. The van der Waals surface area contributed by atoms with E-state index in [1.54, 1.807) is 34.1 Å². The van der Waals surface area contributed by atoms with Gasteiger partial charge in [-0.2, -0.15) is 0 Å². The number of aryl methyl sites for hydroxylation is 2. The second-order valence-electron chi connectivity index (χ2n) is 8.83. The maximum atomic E-state index is 13.4. The van der Waals surface area contributed by atoms with Crippen LogP contribution in [-0.4, -0.2) is 34.7 Å². The molecule has 0 atom stereocenters. The van der Waals surface area contributed by atoms with Crippen molar-refractivity contribution in [1.82, 2.24) is 9.80 Å². The average Bonchev–Trinajstić information content (AvgIpc) is 3.18. The lowest BCUT2D eigenvalue weighted by atomic mass is 10.1. The van der Waals surface area contributed by atoms with Crippen LogP contribution in [0, 0.1) is 25.6 Å². The van der Waals surface area contributed by atoms with Gasteiger partial charge in [0.2, 0.25) is 5.91 Å². The Bertz CT molecular complexity index is 1070. The van der Waals surface area contributed by atoms with E-state index in [2.05, 4.69) is 0 Å². The fourth-order valence-corrected chi connectivity index (χ4v) is 3.60. The summed E-state index contributed by atoms with van der Waals surface area (Å²) in [7, 11) is 0. The van der Waals surface area contributed by atoms with E-state index in [9.17, 15) is 14.0 Å². The first kappa shape index (κ1) is 24.2. The van der Waals surface area contributed by atoms with Crippen molar-refractivity contribution in [2.75, 3.05) is 13.1 Å². The van der Waals surface area contributed by atoms with E-state index < -0.39 is 0 Å². The van der Waals surface area contributed by atoms with Gasteiger partial charge in [-0.05, 0) is 61.7 Å². The van der Waals surface area contributed by atoms with E-state index in [-0.39, 0.29) is 43.2 Å². The Morgan fingerprint density at radius 1 is 0.879 bits per heavy atom. The number of carbonyl (C=O) groups excluding carboxylic acids is 2. The molecule has 2 amide bonds. The predicted molar refractivity (Wildman–Crippen MR) is 126 cm³/mol. The molecule has 0 saturated carbocycles. The van der Waals surface area contributed by atoms with Crippen LogP contribution in [0.4, 0.5) is 4.39 Å². The Morgan fingerprint density at radius 3 is 2.12 bits per heavy atom. The number of carbonyl (C=O) groups is 2. The van der Waals surface area contributed by atoms with Gasteiger partial charge in [-0.25, -0.2) is 4.39 Å². The van der Waals surface area contributed by atoms with Crippen molar-refractivity contribution in [3.8, 4) is 0 Å². The lowest BCUT2D eigenvalue weighted by molar-refractivity contribution is -0.133. The first-order valence-corrected chi connectivity index (χ1v) is 11.1. The molecule has 0 saturated heterocycles. The number of amides is 2. The molecule has 5 nitrogen and oxygen atoms in total. The molecule has 0 radical (unpaired) electrons. The summed E-state index contributed by atoms with van der Waals surface area (Å²) in [6.45, 7) is 8.80. The fourth-order valence-electron chi connectivity index (χ4n) is 3.60. The van der Waals surface area contributed by atoms with Crippen molar-refractivity contribution < 1.29 is 18.4 Å². The minimum absolute atomic E-state index is 0.0498. The highest BCUT2D eigenvalue weighted by molar-refractivity contribution is 5.96. The van der Waals surface area contributed by atoms with E-state index in [4.69, 9.17) is 4.42 Å². The number of halogens is 1. The molecule has 1 heterocycles. The van der Waals surface area contributed by atoms with Crippen molar-refractivity contribution in [2.45, 2.75) is 40.8 Å². The van der Waals surface area contributed by atoms with Gasteiger partial charge in [-0.1, -0.05) is 43.7 Å². The van der Waals surface area contributed by atoms with Gasteiger partial charge >= 0.3 is 0 Å². The summed E-state index contributed by atoms with van der Waals surface area (Å²) in [5.41, 5.74) is 2.42. The summed E-state index contributed by atoms with van der Waals surface area (Å²) < 4.78 is 19.0. The van der Waals surface area contributed by atoms with Gasteiger partial charge in [0.15, 0.2) is 0 Å². The third kappa shape index (κ3) is 7.04. The molecule has 0 fully saturated rings. The van der Waals surface area contributed by atoms with Gasteiger partial charge in [0.1, 0.15) is 23.9 Å². The molecule has 3 rings (SSSR count). The Hall–Kier alpha value is -3.41. The largest absolute Gasteiger partial charge is 0.464 e. The number of furan rings is 1. The molecule has 0 bridgehead atoms. The van der Waals surface area contributed by atoms with Crippen molar-refractivity contribution in [1.29, 1.82) is 0 Å². The Labute approximate surface area is 194 Å². The quantitative estimate of drug-likeness (QED) is 0.441. The molecular formula is C27H31FN2O3. The molecular weight excluding hydrogens is 419 g/mol. The minimum atomic E-state index is -0.329. The Kier molecular flexibility index (Phi) is 8.04. The van der Waals surface area contributed by atoms with Crippen LogP contribution >= 0.6 is 0 Å². The summed E-state index contributed by atoms with van der Waals surface area (Å²) in [4.78, 5) is 29.9. The van der Waals surface area contributed by atoms with Crippen LogP contribution in [0.2, 0.25) is 0 Å². The molecule has 33 heavy (non-hydrogen) atoms. The zero-order valence-electron chi connectivity index (χ0n) is 19.7. The lowest BCUT2D eigenvalue weighted by Gasteiger charge is -2.28. The molecule has 6 heteroatoms. The summed E-state index contributed by atoms with van der Waals surface area (Å²) in [5, 5.41) is 0. The monoisotopic (exact) mass is 450 g/mol. The highest BCUT2D eigenvalue weighted by atomic mass is 19.1. The predicted octanol–water partition coefficient (Wildman–Crippen LogP) is 5.36. The summed E-state index contributed by atoms with van der Waals surface area (Å²) in [6, 6.07) is 17.1. The Balaban J connectivity index is 1.82. The van der Waals surface area contributed by atoms with Crippen LogP contribution < -0.4 is 0 Å². The van der Waals surface area contributed by atoms with Crippen LogP contribution in [0.15, 0.2) is 65.1 Å². The summed E-state index contributed by atoms with van der Waals surface area (Å²) in [6.07, 6.45) is 0. The van der Waals surface area contributed by atoms with Gasteiger partial charge in [0.05, 0.1) is 6.54 Å². The van der Waals surface area contributed by atoms with Gasteiger partial charge in [0, 0.05) is 18.7 Å². The highest BCUT2D eigenvalue weighted by Gasteiger charge is 2.24. The van der Waals surface area contributed by atoms with Crippen LogP contribution in [0.5, 0.6) is 0 Å². The standard InChI is InChI=1S/C27H31FN2O3/c1-19(2)15-30(27(32)23-10-5-20(3)6-11-23)18-26(31)29(17-25-14-7-21(4)33-25)16-22-8-12-24(28)13-9-22/h5-14,19H,15-18H2,1-4H3. The molecule has 0 unspecified atom stereocenters. The van der Waals surface area contributed by atoms with Gasteiger partial charge in [-0.3, -0.25) is 9.59 Å². The maximum absolute atomic E-state index is 13.4. The van der Waals surface area contributed by atoms with Gasteiger partial charge in [-0.15, -0.1) is 0 Å². The van der Waals surface area contributed by atoms with Gasteiger partial charge in [0.25, 0.3) is 5.91 Å². The van der Waals surface area contributed by atoms with E-state index in [0.717, 1.165) is 16.9 Å². The first-order valence-electron chi connectivity index (χ1n) is 11.1. The molecule has 0 aliphatic heterocycles. The van der Waals surface area contributed by atoms with Crippen molar-refractivity contribution in [3.63, 3.8) is 0 Å². The molecule has 3 aromatic rings. The normalized spacial score (nSPS) is 11.0. The van der Waals surface area contributed by atoms with Crippen LogP contribution in [0.25, 0.3) is 0 Å². The molecule has 1 aromatic heterocycles. The van der Waals surface area contributed by atoms with E-state index >= 15 is 0 Å². The third-order valence-corrected chi connectivity index (χ3v) is 5.28.